The van der Waals surface area contributed by atoms with Gasteiger partial charge in [-0.25, -0.2) is 4.79 Å². The fourth-order valence-electron chi connectivity index (χ4n) is 3.54. The van der Waals surface area contributed by atoms with Crippen LogP contribution in [0.25, 0.3) is 0 Å². The van der Waals surface area contributed by atoms with Crippen molar-refractivity contribution in [1.82, 2.24) is 5.32 Å². The van der Waals surface area contributed by atoms with Crippen LogP contribution in [0.3, 0.4) is 0 Å². The van der Waals surface area contributed by atoms with Crippen LogP contribution >= 0.6 is 0 Å². The molecule has 0 aliphatic carbocycles. The SMILES string of the molecule is Cc1cc(OC(=O)NCC(C)C)c(C(C)(C)CC=O)c(C)c1OCc1ccccc1. The van der Waals surface area contributed by atoms with E-state index in [1.807, 2.05) is 77.9 Å². The molecular formula is C25H33NO4. The molecule has 162 valence electrons. The van der Waals surface area contributed by atoms with Crippen molar-refractivity contribution >= 4 is 12.4 Å². The maximum absolute atomic E-state index is 12.3. The Balaban J connectivity index is 2.41. The summed E-state index contributed by atoms with van der Waals surface area (Å²) in [5.41, 5.74) is 3.12. The molecule has 0 heterocycles. The lowest BCUT2D eigenvalue weighted by Gasteiger charge is -2.29. The molecule has 5 nitrogen and oxygen atoms in total. The third kappa shape index (κ3) is 6.09. The topological polar surface area (TPSA) is 64.6 Å². The smallest absolute Gasteiger partial charge is 0.412 e. The van der Waals surface area contributed by atoms with Crippen LogP contribution < -0.4 is 14.8 Å². The van der Waals surface area contributed by atoms with Gasteiger partial charge in [0.2, 0.25) is 0 Å². The Morgan fingerprint density at radius 3 is 2.43 bits per heavy atom. The average Bonchev–Trinajstić information content (AvgIpc) is 2.66. The number of ether oxygens (including phenoxy) is 2. The summed E-state index contributed by atoms with van der Waals surface area (Å²) >= 11 is 0. The molecule has 30 heavy (non-hydrogen) atoms. The van der Waals surface area contributed by atoms with Gasteiger partial charge >= 0.3 is 6.09 Å². The Labute approximate surface area is 179 Å². The van der Waals surface area contributed by atoms with Gasteiger partial charge in [0.1, 0.15) is 24.4 Å². The summed E-state index contributed by atoms with van der Waals surface area (Å²) in [4.78, 5) is 23.7. The van der Waals surface area contributed by atoms with Crippen LogP contribution in [0, 0.1) is 19.8 Å². The number of carbonyl (C=O) groups is 2. The van der Waals surface area contributed by atoms with Crippen LogP contribution in [0.2, 0.25) is 0 Å². The minimum absolute atomic E-state index is 0.305. The summed E-state index contributed by atoms with van der Waals surface area (Å²) in [7, 11) is 0. The van der Waals surface area contributed by atoms with Gasteiger partial charge in [-0.2, -0.15) is 0 Å². The molecule has 2 aromatic rings. The van der Waals surface area contributed by atoms with Gasteiger partial charge in [0.15, 0.2) is 0 Å². The van der Waals surface area contributed by atoms with Crippen LogP contribution in [-0.2, 0) is 16.8 Å². The second-order valence-corrected chi connectivity index (χ2v) is 8.71. The third-order valence-corrected chi connectivity index (χ3v) is 5.02. The zero-order chi connectivity index (χ0) is 22.3. The van der Waals surface area contributed by atoms with Crippen molar-refractivity contribution in [2.75, 3.05) is 6.54 Å². The van der Waals surface area contributed by atoms with E-state index in [-0.39, 0.29) is 0 Å². The number of benzene rings is 2. The molecule has 0 aliphatic rings. The van der Waals surface area contributed by atoms with E-state index in [2.05, 4.69) is 5.32 Å². The van der Waals surface area contributed by atoms with E-state index in [1.165, 1.54) is 0 Å². The van der Waals surface area contributed by atoms with Crippen molar-refractivity contribution in [2.24, 2.45) is 5.92 Å². The number of nitrogens with one attached hydrogen (secondary N) is 1. The molecule has 0 spiro atoms. The molecule has 0 saturated heterocycles. The van der Waals surface area contributed by atoms with E-state index in [9.17, 15) is 9.59 Å². The monoisotopic (exact) mass is 411 g/mol. The van der Waals surface area contributed by atoms with Crippen molar-refractivity contribution in [3.63, 3.8) is 0 Å². The molecule has 1 amide bonds. The number of aryl methyl sites for hydroxylation is 1. The minimum atomic E-state index is -0.516. The summed E-state index contributed by atoms with van der Waals surface area (Å²) in [6.07, 6.45) is 0.703. The third-order valence-electron chi connectivity index (χ3n) is 5.02. The van der Waals surface area contributed by atoms with Crippen LogP contribution in [-0.4, -0.2) is 18.9 Å². The van der Waals surface area contributed by atoms with Gasteiger partial charge in [0.25, 0.3) is 0 Å². The Kier molecular flexibility index (Phi) is 8.04. The maximum atomic E-state index is 12.3. The largest absolute Gasteiger partial charge is 0.488 e. The van der Waals surface area contributed by atoms with Crippen molar-refractivity contribution in [3.8, 4) is 11.5 Å². The second kappa shape index (κ2) is 10.3. The van der Waals surface area contributed by atoms with Gasteiger partial charge in [-0.3, -0.25) is 0 Å². The number of aldehydes is 1. The molecule has 0 saturated carbocycles. The Bertz CT molecular complexity index is 872. The molecule has 0 bridgehead atoms. The standard InChI is InChI=1S/C25H33NO4/c1-17(2)15-26-24(28)30-21-14-18(3)23(29-16-20-10-8-7-9-11-20)19(4)22(21)25(5,6)12-13-27/h7-11,13-14,17H,12,15-16H2,1-6H3,(H,26,28). The lowest BCUT2D eigenvalue weighted by atomic mass is 9.78. The van der Waals surface area contributed by atoms with E-state index in [0.29, 0.717) is 31.2 Å². The van der Waals surface area contributed by atoms with Crippen molar-refractivity contribution in [3.05, 3.63) is 58.7 Å². The zero-order valence-corrected chi connectivity index (χ0v) is 18.9. The van der Waals surface area contributed by atoms with Crippen LogP contribution in [0.4, 0.5) is 4.79 Å². The first-order valence-corrected chi connectivity index (χ1v) is 10.4. The fraction of sp³-hybridized carbons (Fsp3) is 0.440. The van der Waals surface area contributed by atoms with E-state index in [1.54, 1.807) is 0 Å². The summed E-state index contributed by atoms with van der Waals surface area (Å²) in [5.74, 6) is 1.54. The zero-order valence-electron chi connectivity index (χ0n) is 18.9. The van der Waals surface area contributed by atoms with Gasteiger partial charge < -0.3 is 19.6 Å². The highest BCUT2D eigenvalue weighted by Crippen LogP contribution is 2.42. The summed E-state index contributed by atoms with van der Waals surface area (Å²) in [5, 5.41) is 2.78. The number of hydrogen-bond acceptors (Lipinski definition) is 4. The van der Waals surface area contributed by atoms with E-state index >= 15 is 0 Å². The molecule has 1 N–H and O–H groups in total. The molecule has 0 atom stereocenters. The van der Waals surface area contributed by atoms with Gasteiger partial charge in [-0.15, -0.1) is 0 Å². The normalized spacial score (nSPS) is 11.3. The number of carbonyl (C=O) groups excluding carboxylic acids is 2. The van der Waals surface area contributed by atoms with E-state index < -0.39 is 11.5 Å². The lowest BCUT2D eigenvalue weighted by Crippen LogP contribution is -2.31. The maximum Gasteiger partial charge on any atom is 0.412 e. The highest BCUT2D eigenvalue weighted by Gasteiger charge is 2.30. The fourth-order valence-corrected chi connectivity index (χ4v) is 3.54. The first kappa shape index (κ1) is 23.5. The molecule has 0 radical (unpaired) electrons. The summed E-state index contributed by atoms with van der Waals surface area (Å²) in [6.45, 7) is 12.8. The quantitative estimate of drug-likeness (QED) is 0.554. The Morgan fingerprint density at radius 2 is 1.83 bits per heavy atom. The average molecular weight is 412 g/mol. The summed E-state index contributed by atoms with van der Waals surface area (Å²) < 4.78 is 11.8. The molecule has 0 unspecified atom stereocenters. The van der Waals surface area contributed by atoms with Gasteiger partial charge in [-0.05, 0) is 42.5 Å². The molecule has 0 aliphatic heterocycles. The second-order valence-electron chi connectivity index (χ2n) is 8.71. The van der Waals surface area contributed by atoms with Gasteiger partial charge in [0.05, 0.1) is 0 Å². The van der Waals surface area contributed by atoms with Gasteiger partial charge in [0, 0.05) is 23.9 Å². The summed E-state index contributed by atoms with van der Waals surface area (Å²) in [6, 6.07) is 11.8. The first-order chi connectivity index (χ1) is 14.2. The van der Waals surface area contributed by atoms with E-state index in [0.717, 1.165) is 34.3 Å². The highest BCUT2D eigenvalue weighted by molar-refractivity contribution is 5.72. The Morgan fingerprint density at radius 1 is 1.17 bits per heavy atom. The Hall–Kier alpha value is -2.82. The van der Waals surface area contributed by atoms with Crippen LogP contribution in [0.1, 0.15) is 56.4 Å². The predicted molar refractivity (Wildman–Crippen MR) is 119 cm³/mol. The van der Waals surface area contributed by atoms with Gasteiger partial charge in [-0.1, -0.05) is 58.0 Å². The molecule has 2 aromatic carbocycles. The molecule has 5 heteroatoms. The highest BCUT2D eigenvalue weighted by atomic mass is 16.6. The number of rotatable bonds is 9. The van der Waals surface area contributed by atoms with Crippen molar-refractivity contribution in [2.45, 2.75) is 60.0 Å². The van der Waals surface area contributed by atoms with E-state index in [4.69, 9.17) is 9.47 Å². The molecule has 2 rings (SSSR count). The van der Waals surface area contributed by atoms with Crippen molar-refractivity contribution in [1.29, 1.82) is 0 Å². The molecule has 0 fully saturated rings. The first-order valence-electron chi connectivity index (χ1n) is 10.4. The lowest BCUT2D eigenvalue weighted by molar-refractivity contribution is -0.108. The number of hydrogen-bond donors (Lipinski definition) is 1. The van der Waals surface area contributed by atoms with Crippen molar-refractivity contribution < 1.29 is 19.1 Å². The van der Waals surface area contributed by atoms with Crippen LogP contribution in [0.15, 0.2) is 36.4 Å². The molecule has 0 aromatic heterocycles. The molecular weight excluding hydrogens is 378 g/mol. The van der Waals surface area contributed by atoms with Crippen LogP contribution in [0.5, 0.6) is 11.5 Å². The number of amides is 1. The predicted octanol–water partition coefficient (Wildman–Crippen LogP) is 5.49. The minimum Gasteiger partial charge on any atom is -0.488 e.